The van der Waals surface area contributed by atoms with Gasteiger partial charge in [0, 0.05) is 32.9 Å². The zero-order chi connectivity index (χ0) is 29.4. The monoisotopic (exact) mass is 564 g/mol. The lowest BCUT2D eigenvalue weighted by molar-refractivity contribution is 0.666. The van der Waals surface area contributed by atoms with Gasteiger partial charge in [-0.1, -0.05) is 123 Å². The van der Waals surface area contributed by atoms with Gasteiger partial charge >= 0.3 is 0 Å². The lowest BCUT2D eigenvalue weighted by Gasteiger charge is -2.23. The first-order valence-corrected chi connectivity index (χ1v) is 15.1. The lowest BCUT2D eigenvalue weighted by atomic mass is 9.80. The molecule has 0 spiro atoms. The summed E-state index contributed by atoms with van der Waals surface area (Å²) in [6.45, 7) is 4.69. The Morgan fingerprint density at radius 1 is 0.523 bits per heavy atom. The first-order valence-electron chi connectivity index (χ1n) is 15.1. The summed E-state index contributed by atoms with van der Waals surface area (Å²) in [5.41, 5.74) is 11.7. The number of hydrogen-bond acceptors (Lipinski definition) is 3. The minimum Gasteiger partial charge on any atom is -0.456 e. The third kappa shape index (κ3) is 3.62. The van der Waals surface area contributed by atoms with Crippen LogP contribution in [0.2, 0.25) is 0 Å². The first-order chi connectivity index (χ1) is 21.6. The summed E-state index contributed by atoms with van der Waals surface area (Å²) in [4.78, 5) is 10.4. The molecule has 2 aromatic heterocycles. The molecule has 6 aromatic carbocycles. The predicted octanol–water partition coefficient (Wildman–Crippen LogP) is 10.8. The second-order valence-electron chi connectivity index (χ2n) is 12.2. The highest BCUT2D eigenvalue weighted by atomic mass is 16.3. The minimum absolute atomic E-state index is 0.147. The third-order valence-electron chi connectivity index (χ3n) is 9.27. The number of nitrogens with zero attached hydrogens (tertiary/aromatic N) is 2. The van der Waals surface area contributed by atoms with Crippen LogP contribution in [0.1, 0.15) is 25.0 Å². The van der Waals surface area contributed by atoms with E-state index in [2.05, 4.69) is 123 Å². The fraction of sp³-hybridized carbons (Fsp3) is 0.0732. The second kappa shape index (κ2) is 9.23. The number of aromatic nitrogens is 2. The van der Waals surface area contributed by atoms with Crippen LogP contribution >= 0.6 is 0 Å². The smallest absolute Gasteiger partial charge is 0.160 e. The van der Waals surface area contributed by atoms with Crippen LogP contribution in [0.3, 0.4) is 0 Å². The van der Waals surface area contributed by atoms with Crippen LogP contribution in [0, 0.1) is 0 Å². The zero-order valence-electron chi connectivity index (χ0n) is 24.5. The average molecular weight is 565 g/mol. The van der Waals surface area contributed by atoms with Crippen molar-refractivity contribution in [3.63, 3.8) is 0 Å². The molecule has 1 aliphatic rings. The van der Waals surface area contributed by atoms with Crippen LogP contribution in [0.4, 0.5) is 0 Å². The van der Waals surface area contributed by atoms with E-state index in [1.165, 1.54) is 33.0 Å². The Kier molecular flexibility index (Phi) is 5.24. The summed E-state index contributed by atoms with van der Waals surface area (Å²) in [6.07, 6.45) is 0. The maximum absolute atomic E-state index is 6.25. The van der Waals surface area contributed by atoms with Crippen molar-refractivity contribution in [1.29, 1.82) is 0 Å². The SMILES string of the molecule is CC1(C)c2cccc(-c3cc(-c4ccccc4)nc(-c4ccc5c(c4)oc4ccccc45)n3)c2-c2ccc3ccccc3c21. The van der Waals surface area contributed by atoms with Gasteiger partial charge in [0.25, 0.3) is 0 Å². The number of para-hydroxylation sites is 1. The Morgan fingerprint density at radius 3 is 2.16 bits per heavy atom. The lowest BCUT2D eigenvalue weighted by Crippen LogP contribution is -2.15. The highest BCUT2D eigenvalue weighted by molar-refractivity contribution is 6.06. The maximum atomic E-state index is 6.25. The standard InChI is InChI=1S/C41H28N2O/c1-41(2)33-17-10-16-31(38(33)32-22-19-25-11-6-7-14-28(25)39(32)41)35-24-34(26-12-4-3-5-13-26)42-40(43-35)27-20-21-30-29-15-8-9-18-36(29)44-37(30)23-27/h3-24H,1-2H3. The van der Waals surface area contributed by atoms with Crippen LogP contribution < -0.4 is 0 Å². The van der Waals surface area contributed by atoms with Gasteiger partial charge in [-0.25, -0.2) is 9.97 Å². The summed E-state index contributed by atoms with van der Waals surface area (Å²) in [7, 11) is 0. The molecule has 0 aliphatic heterocycles. The van der Waals surface area contributed by atoms with E-state index < -0.39 is 0 Å². The van der Waals surface area contributed by atoms with Gasteiger partial charge < -0.3 is 4.42 Å². The van der Waals surface area contributed by atoms with Gasteiger partial charge in [-0.2, -0.15) is 0 Å². The summed E-state index contributed by atoms with van der Waals surface area (Å²) in [5, 5.41) is 4.79. The third-order valence-corrected chi connectivity index (χ3v) is 9.27. The van der Waals surface area contributed by atoms with E-state index in [1.807, 2.05) is 24.3 Å². The molecule has 0 radical (unpaired) electrons. The minimum atomic E-state index is -0.147. The summed E-state index contributed by atoms with van der Waals surface area (Å²) >= 11 is 0. The Labute approximate surface area is 255 Å². The normalized spacial score (nSPS) is 13.4. The zero-order valence-corrected chi connectivity index (χ0v) is 24.5. The van der Waals surface area contributed by atoms with E-state index in [-0.39, 0.29) is 5.41 Å². The summed E-state index contributed by atoms with van der Waals surface area (Å²) < 4.78 is 6.25. The average Bonchev–Trinajstić information content (AvgIpc) is 3.56. The second-order valence-corrected chi connectivity index (χ2v) is 12.2. The van der Waals surface area contributed by atoms with Crippen molar-refractivity contribution in [3.8, 4) is 45.0 Å². The number of benzene rings is 6. The Morgan fingerprint density at radius 2 is 1.27 bits per heavy atom. The van der Waals surface area contributed by atoms with Gasteiger partial charge in [0.15, 0.2) is 5.82 Å². The van der Waals surface area contributed by atoms with Gasteiger partial charge in [0.05, 0.1) is 11.4 Å². The summed E-state index contributed by atoms with van der Waals surface area (Å²) in [6, 6.07) is 46.9. The van der Waals surface area contributed by atoms with Crippen molar-refractivity contribution in [1.82, 2.24) is 9.97 Å². The van der Waals surface area contributed by atoms with Gasteiger partial charge in [-0.15, -0.1) is 0 Å². The molecular formula is C41H28N2O. The van der Waals surface area contributed by atoms with E-state index >= 15 is 0 Å². The van der Waals surface area contributed by atoms with Crippen molar-refractivity contribution in [2.45, 2.75) is 19.3 Å². The topological polar surface area (TPSA) is 38.9 Å². The molecule has 0 amide bonds. The highest BCUT2D eigenvalue weighted by Crippen LogP contribution is 2.54. The Bertz CT molecular complexity index is 2420. The predicted molar refractivity (Wildman–Crippen MR) is 181 cm³/mol. The Balaban J connectivity index is 1.29. The molecule has 2 heterocycles. The molecule has 3 nitrogen and oxygen atoms in total. The molecule has 0 bridgehead atoms. The van der Waals surface area contributed by atoms with Crippen molar-refractivity contribution >= 4 is 32.7 Å². The number of furan rings is 1. The van der Waals surface area contributed by atoms with Crippen LogP contribution in [-0.4, -0.2) is 9.97 Å². The first kappa shape index (κ1) is 25.0. The highest BCUT2D eigenvalue weighted by Gasteiger charge is 2.38. The molecule has 0 saturated carbocycles. The number of fused-ring (bicyclic) bond motifs is 8. The van der Waals surface area contributed by atoms with Crippen molar-refractivity contribution in [2.75, 3.05) is 0 Å². The molecule has 1 aliphatic carbocycles. The van der Waals surface area contributed by atoms with Gasteiger partial charge in [-0.05, 0) is 57.3 Å². The van der Waals surface area contributed by atoms with Crippen molar-refractivity contribution in [3.05, 3.63) is 145 Å². The van der Waals surface area contributed by atoms with Crippen LogP contribution in [0.25, 0.3) is 77.7 Å². The van der Waals surface area contributed by atoms with Crippen molar-refractivity contribution < 1.29 is 4.42 Å². The Hall–Kier alpha value is -5.54. The fourth-order valence-corrected chi connectivity index (χ4v) is 7.20. The van der Waals surface area contributed by atoms with E-state index in [0.717, 1.165) is 50.0 Å². The molecule has 44 heavy (non-hydrogen) atoms. The molecule has 0 saturated heterocycles. The maximum Gasteiger partial charge on any atom is 0.160 e. The molecular weight excluding hydrogens is 536 g/mol. The fourth-order valence-electron chi connectivity index (χ4n) is 7.20. The van der Waals surface area contributed by atoms with E-state index in [0.29, 0.717) is 5.82 Å². The van der Waals surface area contributed by atoms with Gasteiger partial charge in [0.1, 0.15) is 11.2 Å². The van der Waals surface area contributed by atoms with Crippen LogP contribution in [0.5, 0.6) is 0 Å². The van der Waals surface area contributed by atoms with Crippen molar-refractivity contribution in [2.24, 2.45) is 0 Å². The molecule has 8 aromatic rings. The molecule has 0 unspecified atom stereocenters. The molecule has 0 N–H and O–H groups in total. The molecule has 9 rings (SSSR count). The van der Waals surface area contributed by atoms with Crippen LogP contribution in [0.15, 0.2) is 138 Å². The largest absolute Gasteiger partial charge is 0.456 e. The van der Waals surface area contributed by atoms with Gasteiger partial charge in [-0.3, -0.25) is 0 Å². The summed E-state index contributed by atoms with van der Waals surface area (Å²) in [5.74, 6) is 0.678. The number of hydrogen-bond donors (Lipinski definition) is 0. The molecule has 3 heteroatoms. The quantitative estimate of drug-likeness (QED) is 0.214. The van der Waals surface area contributed by atoms with E-state index in [1.54, 1.807) is 0 Å². The van der Waals surface area contributed by atoms with Gasteiger partial charge in [0.2, 0.25) is 0 Å². The molecule has 208 valence electrons. The van der Waals surface area contributed by atoms with E-state index in [9.17, 15) is 0 Å². The van der Waals surface area contributed by atoms with Crippen LogP contribution in [-0.2, 0) is 5.41 Å². The number of rotatable bonds is 3. The molecule has 0 fully saturated rings. The van der Waals surface area contributed by atoms with E-state index in [4.69, 9.17) is 14.4 Å². The molecule has 0 atom stereocenters.